The van der Waals surface area contributed by atoms with Crippen LogP contribution >= 0.6 is 23.4 Å². The third-order valence-corrected chi connectivity index (χ3v) is 4.13. The van der Waals surface area contributed by atoms with E-state index in [4.69, 9.17) is 11.6 Å². The Morgan fingerprint density at radius 3 is 3.00 bits per heavy atom. The highest BCUT2D eigenvalue weighted by Gasteiger charge is 2.19. The summed E-state index contributed by atoms with van der Waals surface area (Å²) < 4.78 is 0. The number of benzene rings is 1. The first-order valence-electron chi connectivity index (χ1n) is 5.45. The first-order chi connectivity index (χ1) is 8.16. The van der Waals surface area contributed by atoms with E-state index in [2.05, 4.69) is 5.32 Å². The van der Waals surface area contributed by atoms with Gasteiger partial charge in [-0.3, -0.25) is 10.1 Å². The third kappa shape index (κ3) is 3.26. The van der Waals surface area contributed by atoms with Crippen molar-refractivity contribution in [3.63, 3.8) is 0 Å². The van der Waals surface area contributed by atoms with Crippen molar-refractivity contribution < 1.29 is 4.92 Å². The predicted molar refractivity (Wildman–Crippen MR) is 72.1 cm³/mol. The van der Waals surface area contributed by atoms with Gasteiger partial charge in [0.1, 0.15) is 5.69 Å². The van der Waals surface area contributed by atoms with Gasteiger partial charge in [-0.1, -0.05) is 11.6 Å². The summed E-state index contributed by atoms with van der Waals surface area (Å²) >= 11 is 7.75. The second-order valence-corrected chi connectivity index (χ2v) is 5.56. The largest absolute Gasteiger partial charge is 0.376 e. The number of hydrogen-bond acceptors (Lipinski definition) is 4. The van der Waals surface area contributed by atoms with Crippen LogP contribution < -0.4 is 5.32 Å². The molecule has 0 saturated carbocycles. The summed E-state index contributed by atoms with van der Waals surface area (Å²) in [6.45, 7) is 0. The number of nitrogens with zero attached hydrogens (tertiary/aromatic N) is 1. The first-order valence-corrected chi connectivity index (χ1v) is 6.98. The van der Waals surface area contributed by atoms with Crippen LogP contribution in [0.5, 0.6) is 0 Å². The summed E-state index contributed by atoms with van der Waals surface area (Å²) in [5.74, 6) is 2.17. The van der Waals surface area contributed by atoms with E-state index in [1.165, 1.54) is 11.8 Å². The van der Waals surface area contributed by atoms with E-state index in [0.717, 1.165) is 18.6 Å². The molecule has 92 valence electrons. The fourth-order valence-electron chi connectivity index (χ4n) is 1.86. The van der Waals surface area contributed by atoms with Crippen molar-refractivity contribution >= 4 is 34.7 Å². The third-order valence-electron chi connectivity index (χ3n) is 2.68. The van der Waals surface area contributed by atoms with Gasteiger partial charge in [-0.2, -0.15) is 11.8 Å². The molecule has 2 rings (SSSR count). The van der Waals surface area contributed by atoms with Crippen LogP contribution in [0.4, 0.5) is 11.4 Å². The molecule has 1 N–H and O–H groups in total. The normalized spacial score (nSPS) is 19.9. The number of nitro groups is 1. The van der Waals surface area contributed by atoms with Crippen molar-refractivity contribution in [2.75, 3.05) is 16.8 Å². The smallest absolute Gasteiger partial charge is 0.292 e. The fourth-order valence-corrected chi connectivity index (χ4v) is 3.10. The van der Waals surface area contributed by atoms with Crippen LogP contribution in [-0.2, 0) is 0 Å². The number of nitro benzene ring substituents is 1. The monoisotopic (exact) mass is 272 g/mol. The fraction of sp³-hybridized carbons (Fsp3) is 0.455. The maximum Gasteiger partial charge on any atom is 0.292 e. The molecule has 1 fully saturated rings. The number of hydrogen-bond donors (Lipinski definition) is 1. The highest BCUT2D eigenvalue weighted by Crippen LogP contribution is 2.30. The molecule has 1 saturated heterocycles. The maximum atomic E-state index is 10.9. The molecule has 1 aliphatic rings. The topological polar surface area (TPSA) is 55.2 Å². The van der Waals surface area contributed by atoms with Gasteiger partial charge in [0.25, 0.3) is 5.69 Å². The van der Waals surface area contributed by atoms with Gasteiger partial charge in [0.15, 0.2) is 0 Å². The van der Waals surface area contributed by atoms with Crippen molar-refractivity contribution in [1.82, 2.24) is 0 Å². The lowest BCUT2D eigenvalue weighted by atomic mass is 10.1. The highest BCUT2D eigenvalue weighted by atomic mass is 35.5. The van der Waals surface area contributed by atoms with E-state index in [1.807, 2.05) is 11.8 Å². The Balaban J connectivity index is 2.17. The first kappa shape index (κ1) is 12.5. The minimum Gasteiger partial charge on any atom is -0.376 e. The van der Waals surface area contributed by atoms with Gasteiger partial charge < -0.3 is 5.32 Å². The number of rotatable bonds is 3. The number of thioether (sulfide) groups is 1. The minimum atomic E-state index is -0.380. The van der Waals surface area contributed by atoms with Gasteiger partial charge in [-0.25, -0.2) is 0 Å². The lowest BCUT2D eigenvalue weighted by Gasteiger charge is -2.23. The van der Waals surface area contributed by atoms with Crippen LogP contribution in [0.2, 0.25) is 5.02 Å². The molecule has 0 bridgehead atoms. The van der Waals surface area contributed by atoms with Gasteiger partial charge in [-0.15, -0.1) is 0 Å². The van der Waals surface area contributed by atoms with Crippen molar-refractivity contribution in [2.45, 2.75) is 18.9 Å². The predicted octanol–water partition coefficient (Wildman–Crippen LogP) is 3.56. The molecule has 0 aliphatic carbocycles. The molecular weight excluding hydrogens is 260 g/mol. The Morgan fingerprint density at radius 1 is 1.53 bits per heavy atom. The second-order valence-electron chi connectivity index (χ2n) is 3.98. The zero-order valence-corrected chi connectivity index (χ0v) is 10.8. The van der Waals surface area contributed by atoms with Crippen LogP contribution in [0.25, 0.3) is 0 Å². The van der Waals surface area contributed by atoms with Gasteiger partial charge in [0.05, 0.1) is 4.92 Å². The summed E-state index contributed by atoms with van der Waals surface area (Å²) in [6.07, 6.45) is 2.20. The van der Waals surface area contributed by atoms with Crippen LogP contribution in [0.1, 0.15) is 12.8 Å². The molecule has 6 heteroatoms. The van der Waals surface area contributed by atoms with Gasteiger partial charge >= 0.3 is 0 Å². The number of nitrogens with one attached hydrogen (secondary N) is 1. The quantitative estimate of drug-likeness (QED) is 0.675. The standard InChI is InChI=1S/C11H13ClN2O2S/c12-8-3-4-11(14(15)16)10(6-8)13-9-2-1-5-17-7-9/h3-4,6,9,13H,1-2,5,7H2. The summed E-state index contributed by atoms with van der Waals surface area (Å²) in [4.78, 5) is 10.5. The number of halogens is 1. The Morgan fingerprint density at radius 2 is 2.35 bits per heavy atom. The lowest BCUT2D eigenvalue weighted by molar-refractivity contribution is -0.384. The highest BCUT2D eigenvalue weighted by molar-refractivity contribution is 7.99. The molecule has 1 atom stereocenters. The molecule has 0 aromatic heterocycles. The van der Waals surface area contributed by atoms with Crippen molar-refractivity contribution in [3.8, 4) is 0 Å². The van der Waals surface area contributed by atoms with E-state index in [9.17, 15) is 10.1 Å². The van der Waals surface area contributed by atoms with E-state index in [0.29, 0.717) is 16.8 Å². The van der Waals surface area contributed by atoms with Crippen molar-refractivity contribution in [1.29, 1.82) is 0 Å². The summed E-state index contributed by atoms with van der Waals surface area (Å²) in [5, 5.41) is 14.6. The Hall–Kier alpha value is -0.940. The molecule has 1 aromatic carbocycles. The minimum absolute atomic E-state index is 0.0879. The Bertz CT molecular complexity index is 422. The molecule has 0 spiro atoms. The molecular formula is C11H13ClN2O2S. The Kier molecular flexibility index (Phi) is 4.12. The molecule has 17 heavy (non-hydrogen) atoms. The summed E-state index contributed by atoms with van der Waals surface area (Å²) in [7, 11) is 0. The maximum absolute atomic E-state index is 10.9. The molecule has 1 heterocycles. The summed E-state index contributed by atoms with van der Waals surface area (Å²) in [5.41, 5.74) is 0.611. The zero-order valence-electron chi connectivity index (χ0n) is 9.19. The molecule has 1 unspecified atom stereocenters. The van der Waals surface area contributed by atoms with Crippen LogP contribution in [0.3, 0.4) is 0 Å². The van der Waals surface area contributed by atoms with E-state index in [-0.39, 0.29) is 10.6 Å². The molecule has 1 aromatic rings. The van der Waals surface area contributed by atoms with Crippen LogP contribution in [0.15, 0.2) is 18.2 Å². The molecule has 1 aliphatic heterocycles. The zero-order chi connectivity index (χ0) is 12.3. The van der Waals surface area contributed by atoms with E-state index >= 15 is 0 Å². The molecule has 0 amide bonds. The van der Waals surface area contributed by atoms with Gasteiger partial charge in [0, 0.05) is 22.9 Å². The van der Waals surface area contributed by atoms with Crippen molar-refractivity contribution in [3.05, 3.63) is 33.3 Å². The average Bonchev–Trinajstić information content (AvgIpc) is 2.30. The van der Waals surface area contributed by atoms with Gasteiger partial charge in [-0.05, 0) is 30.7 Å². The second kappa shape index (κ2) is 5.60. The van der Waals surface area contributed by atoms with Crippen LogP contribution in [-0.4, -0.2) is 22.5 Å². The van der Waals surface area contributed by atoms with Crippen LogP contribution in [0, 0.1) is 10.1 Å². The van der Waals surface area contributed by atoms with Gasteiger partial charge in [0.2, 0.25) is 0 Å². The number of anilines is 1. The van der Waals surface area contributed by atoms with E-state index in [1.54, 1.807) is 12.1 Å². The lowest BCUT2D eigenvalue weighted by Crippen LogP contribution is -2.26. The molecule has 4 nitrogen and oxygen atoms in total. The molecule has 0 radical (unpaired) electrons. The summed E-state index contributed by atoms with van der Waals surface area (Å²) in [6, 6.07) is 4.91. The SMILES string of the molecule is O=[N+]([O-])c1ccc(Cl)cc1NC1CCCSC1. The van der Waals surface area contributed by atoms with E-state index < -0.39 is 0 Å². The average molecular weight is 273 g/mol. The van der Waals surface area contributed by atoms with Crippen molar-refractivity contribution in [2.24, 2.45) is 0 Å². The Labute approximate surface area is 109 Å².